The van der Waals surface area contributed by atoms with Crippen LogP contribution in [0.15, 0.2) is 39.2 Å². The highest BCUT2D eigenvalue weighted by Crippen LogP contribution is 2.27. The van der Waals surface area contributed by atoms with Crippen LogP contribution in [0.1, 0.15) is 30.5 Å². The molecule has 0 radical (unpaired) electrons. The van der Waals surface area contributed by atoms with E-state index in [9.17, 15) is 4.39 Å². The maximum atomic E-state index is 13.2. The van der Waals surface area contributed by atoms with Gasteiger partial charge < -0.3 is 4.90 Å². The summed E-state index contributed by atoms with van der Waals surface area (Å²) >= 11 is 4.97. The number of nitrogens with zero attached hydrogens (tertiary/aromatic N) is 3. The normalized spacial score (nSPS) is 13.3. The predicted octanol–water partition coefficient (Wildman–Crippen LogP) is 4.50. The lowest BCUT2D eigenvalue weighted by Crippen LogP contribution is -2.27. The smallest absolute Gasteiger partial charge is 0.160 e. The van der Waals surface area contributed by atoms with Gasteiger partial charge in [0.15, 0.2) is 10.8 Å². The molecule has 1 aromatic heterocycles. The number of rotatable bonds is 4. The number of thiazole rings is 1. The monoisotopic (exact) mass is 369 g/mol. The van der Waals surface area contributed by atoms with Crippen LogP contribution < -0.4 is 0 Å². The maximum absolute atomic E-state index is 13.2. The van der Waals surface area contributed by atoms with E-state index < -0.39 is 0 Å². The Morgan fingerprint density at radius 2 is 2.29 bits per heavy atom. The first-order valence-corrected chi connectivity index (χ1v) is 8.34. The zero-order chi connectivity index (χ0) is 15.4. The molecular formula is C15H17BrFN3S. The van der Waals surface area contributed by atoms with E-state index in [4.69, 9.17) is 4.99 Å². The van der Waals surface area contributed by atoms with Crippen LogP contribution in [0.2, 0.25) is 0 Å². The van der Waals surface area contributed by atoms with Crippen molar-refractivity contribution < 1.29 is 4.39 Å². The minimum atomic E-state index is -0.257. The van der Waals surface area contributed by atoms with Crippen molar-refractivity contribution in [2.45, 2.75) is 19.9 Å². The van der Waals surface area contributed by atoms with Crippen LogP contribution in [0.4, 0.5) is 4.39 Å². The summed E-state index contributed by atoms with van der Waals surface area (Å²) in [5.74, 6) is 0.601. The predicted molar refractivity (Wildman–Crippen MR) is 89.5 cm³/mol. The van der Waals surface area contributed by atoms with Crippen molar-refractivity contribution in [1.82, 2.24) is 9.88 Å². The van der Waals surface area contributed by atoms with Crippen molar-refractivity contribution in [3.05, 3.63) is 50.6 Å². The molecule has 2 rings (SSSR count). The third kappa shape index (κ3) is 3.89. The molecule has 0 saturated heterocycles. The molecule has 1 heterocycles. The molecule has 0 saturated carbocycles. The van der Waals surface area contributed by atoms with Crippen LogP contribution in [-0.4, -0.2) is 29.3 Å². The van der Waals surface area contributed by atoms with E-state index in [0.29, 0.717) is 0 Å². The van der Waals surface area contributed by atoms with Crippen LogP contribution in [0.5, 0.6) is 0 Å². The van der Waals surface area contributed by atoms with Gasteiger partial charge in [0.25, 0.3) is 0 Å². The Bertz CT molecular complexity index is 628. The zero-order valence-electron chi connectivity index (χ0n) is 12.2. The van der Waals surface area contributed by atoms with E-state index in [1.165, 1.54) is 12.1 Å². The lowest BCUT2D eigenvalue weighted by atomic mass is 10.1. The number of aliphatic imine (C=N–C) groups is 1. The zero-order valence-corrected chi connectivity index (χ0v) is 14.6. The van der Waals surface area contributed by atoms with Crippen LogP contribution >= 0.6 is 27.3 Å². The van der Waals surface area contributed by atoms with Gasteiger partial charge in [-0.15, -0.1) is 11.3 Å². The largest absolute Gasteiger partial charge is 0.358 e. The SMILES string of the molecule is CCN(C)/C(=N\C(C)c1ccc(F)cc1Br)c1nccs1. The molecule has 0 spiro atoms. The van der Waals surface area contributed by atoms with Gasteiger partial charge in [-0.3, -0.25) is 4.99 Å². The van der Waals surface area contributed by atoms with Crippen molar-refractivity contribution in [3.63, 3.8) is 0 Å². The molecule has 1 atom stereocenters. The van der Waals surface area contributed by atoms with Gasteiger partial charge in [-0.25, -0.2) is 9.37 Å². The summed E-state index contributed by atoms with van der Waals surface area (Å²) in [5.41, 5.74) is 0.954. The number of hydrogen-bond acceptors (Lipinski definition) is 3. The number of benzene rings is 1. The summed E-state index contributed by atoms with van der Waals surface area (Å²) in [6.07, 6.45) is 1.78. The number of amidine groups is 1. The van der Waals surface area contributed by atoms with E-state index in [2.05, 4.69) is 32.7 Å². The van der Waals surface area contributed by atoms with Gasteiger partial charge in [0.2, 0.25) is 0 Å². The van der Waals surface area contributed by atoms with Crippen molar-refractivity contribution in [2.24, 2.45) is 4.99 Å². The third-order valence-corrected chi connectivity index (χ3v) is 4.64. The average molecular weight is 370 g/mol. The van der Waals surface area contributed by atoms with Gasteiger partial charge in [0.05, 0.1) is 6.04 Å². The van der Waals surface area contributed by atoms with Crippen molar-refractivity contribution in [2.75, 3.05) is 13.6 Å². The standard InChI is InChI=1S/C15H17BrFN3S/c1-4-20(3)14(15-18-7-8-21-15)19-10(2)12-6-5-11(17)9-13(12)16/h5-10H,4H2,1-3H3/b19-14-. The van der Waals surface area contributed by atoms with Crippen LogP contribution in [0.25, 0.3) is 0 Å². The van der Waals surface area contributed by atoms with Crippen molar-refractivity contribution in [1.29, 1.82) is 0 Å². The quantitative estimate of drug-likeness (QED) is 0.586. The van der Waals surface area contributed by atoms with Crippen LogP contribution in [-0.2, 0) is 0 Å². The fourth-order valence-corrected chi connectivity index (χ4v) is 3.26. The van der Waals surface area contributed by atoms with E-state index >= 15 is 0 Å². The lowest BCUT2D eigenvalue weighted by Gasteiger charge is -2.20. The number of halogens is 2. The highest BCUT2D eigenvalue weighted by molar-refractivity contribution is 9.10. The second-order valence-electron chi connectivity index (χ2n) is 4.65. The van der Waals surface area contributed by atoms with Gasteiger partial charge in [-0.2, -0.15) is 0 Å². The molecule has 0 amide bonds. The van der Waals surface area contributed by atoms with Gasteiger partial charge >= 0.3 is 0 Å². The Morgan fingerprint density at radius 1 is 1.52 bits per heavy atom. The Labute approximate surface area is 136 Å². The molecule has 1 unspecified atom stereocenters. The minimum Gasteiger partial charge on any atom is -0.358 e. The minimum absolute atomic E-state index is 0.0899. The maximum Gasteiger partial charge on any atom is 0.160 e. The highest BCUT2D eigenvalue weighted by Gasteiger charge is 2.15. The molecule has 0 bridgehead atoms. The molecule has 0 aliphatic carbocycles. The fraction of sp³-hybridized carbons (Fsp3) is 0.333. The van der Waals surface area contributed by atoms with Crippen molar-refractivity contribution in [3.8, 4) is 0 Å². The molecule has 112 valence electrons. The summed E-state index contributed by atoms with van der Waals surface area (Å²) in [6, 6.07) is 4.60. The first-order chi connectivity index (χ1) is 10.0. The first-order valence-electron chi connectivity index (χ1n) is 6.66. The summed E-state index contributed by atoms with van der Waals surface area (Å²) in [7, 11) is 1.99. The van der Waals surface area contributed by atoms with Gasteiger partial charge in [-0.05, 0) is 31.5 Å². The second-order valence-corrected chi connectivity index (χ2v) is 6.39. The molecule has 0 aliphatic heterocycles. The summed E-state index contributed by atoms with van der Waals surface area (Å²) in [4.78, 5) is 11.2. The van der Waals surface area contributed by atoms with E-state index in [0.717, 1.165) is 27.4 Å². The summed E-state index contributed by atoms with van der Waals surface area (Å²) in [6.45, 7) is 4.91. The van der Waals surface area contributed by atoms with E-state index in [1.807, 2.05) is 19.4 Å². The molecular weight excluding hydrogens is 353 g/mol. The summed E-state index contributed by atoms with van der Waals surface area (Å²) < 4.78 is 13.9. The number of hydrogen-bond donors (Lipinski definition) is 0. The Kier molecular flexibility index (Phi) is 5.47. The van der Waals surface area contributed by atoms with Crippen LogP contribution in [0, 0.1) is 5.82 Å². The van der Waals surface area contributed by atoms with Crippen LogP contribution in [0.3, 0.4) is 0 Å². The Hall–Kier alpha value is -1.27. The average Bonchev–Trinajstić information content (AvgIpc) is 2.97. The lowest BCUT2D eigenvalue weighted by molar-refractivity contribution is 0.529. The van der Waals surface area contributed by atoms with Gasteiger partial charge in [-0.1, -0.05) is 22.0 Å². The van der Waals surface area contributed by atoms with E-state index in [1.54, 1.807) is 23.6 Å². The molecule has 1 aromatic carbocycles. The Morgan fingerprint density at radius 3 is 2.86 bits per heavy atom. The molecule has 6 heteroatoms. The summed E-state index contributed by atoms with van der Waals surface area (Å²) in [5, 5.41) is 2.83. The van der Waals surface area contributed by atoms with E-state index in [-0.39, 0.29) is 11.9 Å². The Balaban J connectivity index is 2.37. The molecule has 2 aromatic rings. The topological polar surface area (TPSA) is 28.5 Å². The third-order valence-electron chi connectivity index (χ3n) is 3.19. The molecule has 21 heavy (non-hydrogen) atoms. The second kappa shape index (κ2) is 7.13. The molecule has 0 fully saturated rings. The van der Waals surface area contributed by atoms with Gasteiger partial charge in [0, 0.05) is 29.6 Å². The molecule has 0 aliphatic rings. The van der Waals surface area contributed by atoms with Crippen molar-refractivity contribution >= 4 is 33.1 Å². The fourth-order valence-electron chi connectivity index (χ4n) is 1.89. The first kappa shape index (κ1) is 16.1. The molecule has 3 nitrogen and oxygen atoms in total. The number of aromatic nitrogens is 1. The van der Waals surface area contributed by atoms with Gasteiger partial charge in [0.1, 0.15) is 5.82 Å². The molecule has 0 N–H and O–H groups in total. The highest BCUT2D eigenvalue weighted by atomic mass is 79.9.